The van der Waals surface area contributed by atoms with Crippen molar-refractivity contribution < 1.29 is 32.4 Å². The van der Waals surface area contributed by atoms with Crippen molar-refractivity contribution in [1.82, 2.24) is 0 Å². The highest BCUT2D eigenvalue weighted by molar-refractivity contribution is 7.85. The summed E-state index contributed by atoms with van der Waals surface area (Å²) in [6, 6.07) is 0. The number of carboxylic acids is 1. The fourth-order valence-corrected chi connectivity index (χ4v) is 2.38. The summed E-state index contributed by atoms with van der Waals surface area (Å²) < 4.78 is 34.6. The Hall–Kier alpha value is -1.67. The summed E-state index contributed by atoms with van der Waals surface area (Å²) in [7, 11) is 18.2. The second-order valence-corrected chi connectivity index (χ2v) is 6.24. The van der Waals surface area contributed by atoms with E-state index in [1.807, 2.05) is 0 Å². The van der Waals surface area contributed by atoms with Gasteiger partial charge in [0.05, 0.1) is 26.8 Å². The first-order valence-corrected chi connectivity index (χ1v) is 8.14. The standard InChI is InChI=1S/C12H10B4O7S/c13-3-5-7(12(19)23-1-2-24(20,21)22)8(11(17)18)10(16)6(4-14)9(5)15/h1-4H2,(H,17,18)(H,20,21,22). The fraction of sp³-hybridized carbons (Fsp3) is 0.333. The number of benzene rings is 1. The Balaban J connectivity index is 3.44. The van der Waals surface area contributed by atoms with Gasteiger partial charge in [-0.1, -0.05) is 29.1 Å². The molecule has 0 heterocycles. The Morgan fingerprint density at radius 3 is 1.96 bits per heavy atom. The molecule has 0 unspecified atom stereocenters. The molecule has 12 heteroatoms. The summed E-state index contributed by atoms with van der Waals surface area (Å²) in [4.78, 5) is 23.7. The zero-order valence-corrected chi connectivity index (χ0v) is 13.3. The molecule has 2 N–H and O–H groups in total. The first-order chi connectivity index (χ1) is 11.0. The van der Waals surface area contributed by atoms with Crippen molar-refractivity contribution in [3.63, 3.8) is 0 Å². The Morgan fingerprint density at radius 1 is 1.00 bits per heavy atom. The summed E-state index contributed by atoms with van der Waals surface area (Å²) in [5, 5.41) is 9.33. The van der Waals surface area contributed by atoms with Gasteiger partial charge in [-0.2, -0.15) is 8.42 Å². The van der Waals surface area contributed by atoms with Crippen LogP contribution in [0.1, 0.15) is 31.8 Å². The zero-order chi connectivity index (χ0) is 18.7. The van der Waals surface area contributed by atoms with E-state index in [-0.39, 0.29) is 34.7 Å². The van der Waals surface area contributed by atoms with Crippen LogP contribution in [-0.2, 0) is 27.5 Å². The summed E-state index contributed by atoms with van der Waals surface area (Å²) in [5.74, 6) is -3.57. The predicted octanol–water partition coefficient (Wildman–Crippen LogP) is -2.65. The van der Waals surface area contributed by atoms with Crippen LogP contribution in [0.25, 0.3) is 0 Å². The molecule has 118 valence electrons. The normalized spacial score (nSPS) is 11.2. The molecule has 0 bridgehead atoms. The molecule has 1 rings (SSSR count). The van der Waals surface area contributed by atoms with Crippen molar-refractivity contribution in [2.45, 2.75) is 12.6 Å². The van der Waals surface area contributed by atoms with E-state index in [0.717, 1.165) is 0 Å². The maximum absolute atomic E-state index is 12.2. The Kier molecular flexibility index (Phi) is 6.74. The second-order valence-electron chi connectivity index (χ2n) is 4.67. The molecule has 0 saturated heterocycles. The van der Waals surface area contributed by atoms with Gasteiger partial charge in [-0.15, -0.1) is 0 Å². The van der Waals surface area contributed by atoms with Crippen LogP contribution >= 0.6 is 0 Å². The van der Waals surface area contributed by atoms with Crippen LogP contribution in [0, 0.1) is 0 Å². The third-order valence-electron chi connectivity index (χ3n) is 3.20. The highest BCUT2D eigenvalue weighted by Crippen LogP contribution is 2.16. The van der Waals surface area contributed by atoms with Crippen molar-refractivity contribution in [1.29, 1.82) is 0 Å². The number of carbonyl (C=O) groups excluding carboxylic acids is 1. The SMILES string of the molecule is [B]Cc1c([B])c(C[B])c(C(=O)OCCS(=O)(=O)O)c(C(=O)O)c1[B]. The number of ether oxygens (including phenoxy) is 1. The maximum Gasteiger partial charge on any atom is 0.339 e. The van der Waals surface area contributed by atoms with Crippen LogP contribution < -0.4 is 10.9 Å². The van der Waals surface area contributed by atoms with Crippen LogP contribution in [0.5, 0.6) is 0 Å². The number of hydrogen-bond acceptors (Lipinski definition) is 5. The van der Waals surface area contributed by atoms with Crippen LogP contribution in [0.3, 0.4) is 0 Å². The maximum atomic E-state index is 12.2. The summed E-state index contributed by atoms with van der Waals surface area (Å²) in [6.45, 7) is -0.695. The molecule has 0 fully saturated rings. The predicted molar refractivity (Wildman–Crippen MR) is 89.8 cm³/mol. The topological polar surface area (TPSA) is 118 Å². The molecule has 0 spiro atoms. The Bertz CT molecular complexity index is 776. The van der Waals surface area contributed by atoms with Crippen molar-refractivity contribution in [2.75, 3.05) is 12.4 Å². The molecule has 0 saturated carbocycles. The van der Waals surface area contributed by atoms with Crippen molar-refractivity contribution >= 4 is 64.4 Å². The van der Waals surface area contributed by atoms with Gasteiger partial charge in [0.2, 0.25) is 0 Å². The Labute approximate surface area is 144 Å². The van der Waals surface area contributed by atoms with E-state index in [2.05, 4.69) is 4.74 Å². The van der Waals surface area contributed by atoms with Crippen molar-refractivity contribution in [3.05, 3.63) is 22.3 Å². The largest absolute Gasteiger partial charge is 0.478 e. The molecule has 0 atom stereocenters. The van der Waals surface area contributed by atoms with Gasteiger partial charge in [-0.3, -0.25) is 4.55 Å². The quantitative estimate of drug-likeness (QED) is 0.316. The lowest BCUT2D eigenvalue weighted by Gasteiger charge is -2.21. The van der Waals surface area contributed by atoms with Crippen LogP contribution in [-0.4, -0.2) is 73.8 Å². The molecule has 0 aromatic heterocycles. The molecular formula is C12H10B4O7S. The molecule has 0 aliphatic carbocycles. The van der Waals surface area contributed by atoms with Crippen LogP contribution in [0.15, 0.2) is 0 Å². The van der Waals surface area contributed by atoms with E-state index in [1.54, 1.807) is 0 Å². The number of rotatable bonds is 7. The number of carboxylic acid groups (broad SMARTS) is 1. The average Bonchev–Trinajstić information content (AvgIpc) is 2.45. The third kappa shape index (κ3) is 4.45. The monoisotopic (exact) mass is 342 g/mol. The van der Waals surface area contributed by atoms with E-state index in [1.165, 1.54) is 0 Å². The number of hydrogen-bond donors (Lipinski definition) is 2. The first-order valence-electron chi connectivity index (χ1n) is 6.53. The summed E-state index contributed by atoms with van der Waals surface area (Å²) in [5.41, 5.74) is -1.30. The lowest BCUT2D eigenvalue weighted by Crippen LogP contribution is -2.36. The van der Waals surface area contributed by atoms with Crippen molar-refractivity contribution in [3.8, 4) is 0 Å². The molecular weight excluding hydrogens is 331 g/mol. The fourth-order valence-electron chi connectivity index (χ4n) is 2.09. The highest BCUT2D eigenvalue weighted by Gasteiger charge is 2.27. The summed E-state index contributed by atoms with van der Waals surface area (Å²) >= 11 is 0. The third-order valence-corrected chi connectivity index (χ3v) is 3.88. The Morgan fingerprint density at radius 2 is 1.54 bits per heavy atom. The van der Waals surface area contributed by atoms with E-state index in [4.69, 9.17) is 35.9 Å². The zero-order valence-electron chi connectivity index (χ0n) is 12.5. The molecule has 1 aromatic rings. The average molecular weight is 342 g/mol. The van der Waals surface area contributed by atoms with Gasteiger partial charge in [0, 0.05) is 0 Å². The second kappa shape index (κ2) is 7.94. The molecule has 8 radical (unpaired) electrons. The number of carbonyl (C=O) groups is 2. The first kappa shape index (κ1) is 20.4. The summed E-state index contributed by atoms with van der Waals surface area (Å²) in [6.07, 6.45) is -0.481. The molecule has 1 aromatic carbocycles. The molecule has 7 nitrogen and oxygen atoms in total. The minimum atomic E-state index is -4.36. The van der Waals surface area contributed by atoms with Crippen molar-refractivity contribution in [2.24, 2.45) is 0 Å². The smallest absolute Gasteiger partial charge is 0.339 e. The number of aromatic carboxylic acids is 1. The van der Waals surface area contributed by atoms with E-state index < -0.39 is 45.5 Å². The van der Waals surface area contributed by atoms with Crippen LogP contribution in [0.2, 0.25) is 0 Å². The van der Waals surface area contributed by atoms with E-state index >= 15 is 0 Å². The molecule has 0 amide bonds. The van der Waals surface area contributed by atoms with Gasteiger partial charge in [0.1, 0.15) is 28.1 Å². The van der Waals surface area contributed by atoms with Gasteiger partial charge in [-0.05, 0) is 5.56 Å². The lowest BCUT2D eigenvalue weighted by molar-refractivity contribution is 0.0515. The lowest BCUT2D eigenvalue weighted by atomic mass is 9.68. The van der Waals surface area contributed by atoms with E-state index in [0.29, 0.717) is 0 Å². The minimum Gasteiger partial charge on any atom is -0.478 e. The van der Waals surface area contributed by atoms with Gasteiger partial charge in [-0.25, -0.2) is 9.59 Å². The highest BCUT2D eigenvalue weighted by atomic mass is 32.2. The van der Waals surface area contributed by atoms with Gasteiger partial charge < -0.3 is 9.84 Å². The molecule has 0 aliphatic rings. The van der Waals surface area contributed by atoms with E-state index in [9.17, 15) is 23.1 Å². The number of esters is 1. The van der Waals surface area contributed by atoms with Crippen LogP contribution in [0.4, 0.5) is 0 Å². The minimum absolute atomic E-state index is 0.0288. The van der Waals surface area contributed by atoms with Gasteiger partial charge in [0.25, 0.3) is 10.1 Å². The molecule has 24 heavy (non-hydrogen) atoms. The van der Waals surface area contributed by atoms with Gasteiger partial charge >= 0.3 is 11.9 Å². The van der Waals surface area contributed by atoms with Gasteiger partial charge in [0.15, 0.2) is 0 Å². The molecule has 0 aliphatic heterocycles.